The maximum Gasteiger partial charge on any atom is 0.319 e. The molecule has 0 rings (SSSR count). The zero-order valence-corrected chi connectivity index (χ0v) is 9.18. The van der Waals surface area contributed by atoms with Crippen molar-refractivity contribution >= 4 is 23.5 Å². The van der Waals surface area contributed by atoms with Gasteiger partial charge >= 0.3 is 5.97 Å². The van der Waals surface area contributed by atoms with Gasteiger partial charge in [-0.05, 0) is 20.3 Å². The fourth-order valence-electron chi connectivity index (χ4n) is 1.13. The molecule has 0 saturated carbocycles. The van der Waals surface area contributed by atoms with Gasteiger partial charge in [-0.1, -0.05) is 17.2 Å². The summed E-state index contributed by atoms with van der Waals surface area (Å²) >= 11 is 5.42. The van der Waals surface area contributed by atoms with E-state index in [2.05, 4.69) is 5.32 Å². The van der Waals surface area contributed by atoms with E-state index in [1.165, 1.54) is 19.5 Å². The van der Waals surface area contributed by atoms with Crippen LogP contribution in [0.3, 0.4) is 0 Å². The SMILES string of the molecule is CNC(=O)C(C)(CC(C)=CCl)C(=O)O. The van der Waals surface area contributed by atoms with Gasteiger partial charge in [0.05, 0.1) is 0 Å². The molecule has 5 heteroatoms. The fraction of sp³-hybridized carbons (Fsp3) is 0.556. The van der Waals surface area contributed by atoms with Gasteiger partial charge in [0, 0.05) is 12.6 Å². The van der Waals surface area contributed by atoms with Crippen molar-refractivity contribution in [3.05, 3.63) is 11.1 Å². The van der Waals surface area contributed by atoms with Gasteiger partial charge in [0.2, 0.25) is 5.91 Å². The summed E-state index contributed by atoms with van der Waals surface area (Å²) in [5.41, 5.74) is 0.481. The first kappa shape index (κ1) is 13.0. The summed E-state index contributed by atoms with van der Waals surface area (Å²) in [7, 11) is 1.41. The van der Waals surface area contributed by atoms with Crippen molar-refractivity contribution in [2.24, 2.45) is 5.41 Å². The Balaban J connectivity index is 4.92. The first-order valence-electron chi connectivity index (χ1n) is 4.10. The Bertz CT molecular complexity index is 275. The fourth-order valence-corrected chi connectivity index (χ4v) is 1.20. The van der Waals surface area contributed by atoms with Crippen molar-refractivity contribution in [3.8, 4) is 0 Å². The first-order valence-corrected chi connectivity index (χ1v) is 4.53. The molecule has 0 aromatic rings. The third kappa shape index (κ3) is 2.73. The van der Waals surface area contributed by atoms with Gasteiger partial charge in [-0.25, -0.2) is 0 Å². The Labute approximate surface area is 87.9 Å². The van der Waals surface area contributed by atoms with E-state index < -0.39 is 17.3 Å². The summed E-state index contributed by atoms with van der Waals surface area (Å²) < 4.78 is 0. The van der Waals surface area contributed by atoms with Crippen molar-refractivity contribution in [2.45, 2.75) is 20.3 Å². The second kappa shape index (κ2) is 5.00. The van der Waals surface area contributed by atoms with Gasteiger partial charge in [0.25, 0.3) is 0 Å². The number of rotatable bonds is 4. The largest absolute Gasteiger partial charge is 0.480 e. The summed E-state index contributed by atoms with van der Waals surface area (Å²) in [5, 5.41) is 11.3. The Morgan fingerprint density at radius 2 is 2.07 bits per heavy atom. The monoisotopic (exact) mass is 219 g/mol. The molecular weight excluding hydrogens is 206 g/mol. The van der Waals surface area contributed by atoms with Crippen LogP contribution in [0.2, 0.25) is 0 Å². The van der Waals surface area contributed by atoms with Gasteiger partial charge in [-0.2, -0.15) is 0 Å². The maximum absolute atomic E-state index is 11.4. The number of halogens is 1. The van der Waals surface area contributed by atoms with Crippen molar-refractivity contribution in [1.82, 2.24) is 5.32 Å². The van der Waals surface area contributed by atoms with Crippen LogP contribution in [-0.4, -0.2) is 24.0 Å². The molecule has 0 radical (unpaired) electrons. The van der Waals surface area contributed by atoms with Crippen LogP contribution in [-0.2, 0) is 9.59 Å². The maximum atomic E-state index is 11.4. The van der Waals surface area contributed by atoms with Crippen LogP contribution in [0.4, 0.5) is 0 Å². The van der Waals surface area contributed by atoms with Gasteiger partial charge in [0.1, 0.15) is 5.41 Å². The molecule has 0 aliphatic heterocycles. The molecule has 1 amide bonds. The zero-order valence-electron chi connectivity index (χ0n) is 8.43. The summed E-state index contributed by atoms with van der Waals surface area (Å²) in [6, 6.07) is 0. The second-order valence-electron chi connectivity index (χ2n) is 3.35. The molecule has 0 aliphatic carbocycles. The molecule has 0 fully saturated rings. The molecule has 0 aromatic carbocycles. The summed E-state index contributed by atoms with van der Waals surface area (Å²) in [4.78, 5) is 22.3. The van der Waals surface area contributed by atoms with Crippen LogP contribution in [0.15, 0.2) is 11.1 Å². The van der Waals surface area contributed by atoms with Crippen molar-refractivity contribution in [2.75, 3.05) is 7.05 Å². The predicted octanol–water partition coefficient (Wildman–Crippen LogP) is 1.36. The van der Waals surface area contributed by atoms with Crippen molar-refractivity contribution < 1.29 is 14.7 Å². The van der Waals surface area contributed by atoms with Crippen molar-refractivity contribution in [1.29, 1.82) is 0 Å². The molecule has 2 N–H and O–H groups in total. The summed E-state index contributed by atoms with van der Waals surface area (Å²) in [6.07, 6.45) is 0.103. The van der Waals surface area contributed by atoms with Gasteiger partial charge in [-0.3, -0.25) is 9.59 Å². The molecular formula is C9H14ClNO3. The number of aliphatic carboxylic acids is 1. The van der Waals surface area contributed by atoms with E-state index in [1.54, 1.807) is 6.92 Å². The molecule has 80 valence electrons. The van der Waals surface area contributed by atoms with Gasteiger partial charge in [0.15, 0.2) is 0 Å². The van der Waals surface area contributed by atoms with Crippen molar-refractivity contribution in [3.63, 3.8) is 0 Å². The lowest BCUT2D eigenvalue weighted by Crippen LogP contribution is -2.43. The molecule has 4 nitrogen and oxygen atoms in total. The topological polar surface area (TPSA) is 66.4 Å². The van der Waals surface area contributed by atoms with E-state index in [0.29, 0.717) is 5.57 Å². The molecule has 0 heterocycles. The highest BCUT2D eigenvalue weighted by molar-refractivity contribution is 6.25. The van der Waals surface area contributed by atoms with E-state index in [-0.39, 0.29) is 6.42 Å². The highest BCUT2D eigenvalue weighted by atomic mass is 35.5. The Kier molecular flexibility index (Phi) is 4.63. The summed E-state index contributed by atoms with van der Waals surface area (Å²) in [5.74, 6) is -1.68. The molecule has 0 bridgehead atoms. The van der Waals surface area contributed by atoms with Crippen LogP contribution in [0.5, 0.6) is 0 Å². The number of hydrogen-bond donors (Lipinski definition) is 2. The lowest BCUT2D eigenvalue weighted by atomic mass is 9.83. The normalized spacial score (nSPS) is 15.9. The summed E-state index contributed by atoms with van der Waals surface area (Å²) in [6.45, 7) is 3.05. The predicted molar refractivity (Wildman–Crippen MR) is 54.0 cm³/mol. The zero-order chi connectivity index (χ0) is 11.4. The minimum atomic E-state index is -1.45. The minimum Gasteiger partial charge on any atom is -0.480 e. The number of allylic oxidation sites excluding steroid dienone is 1. The quantitative estimate of drug-likeness (QED) is 0.702. The van der Waals surface area contributed by atoms with Crippen LogP contribution in [0.1, 0.15) is 20.3 Å². The van der Waals surface area contributed by atoms with Crippen LogP contribution >= 0.6 is 11.6 Å². The first-order chi connectivity index (χ1) is 6.38. The Morgan fingerprint density at radius 1 is 1.57 bits per heavy atom. The standard InChI is InChI=1S/C9H14ClNO3/c1-6(5-10)4-9(2,8(13)14)7(12)11-3/h5H,4H2,1-3H3,(H,11,12)(H,13,14). The third-order valence-electron chi connectivity index (χ3n) is 2.02. The number of nitrogens with one attached hydrogen (secondary N) is 1. The van der Waals surface area contributed by atoms with E-state index in [1.807, 2.05) is 0 Å². The number of carbonyl (C=O) groups is 2. The number of hydrogen-bond acceptors (Lipinski definition) is 2. The Hall–Kier alpha value is -1.03. The highest BCUT2D eigenvalue weighted by Gasteiger charge is 2.40. The average Bonchev–Trinajstić information content (AvgIpc) is 2.15. The molecule has 0 aliphatic rings. The number of amides is 1. The number of carbonyl (C=O) groups excluding carboxylic acids is 1. The average molecular weight is 220 g/mol. The second-order valence-corrected chi connectivity index (χ2v) is 3.57. The molecule has 1 unspecified atom stereocenters. The van der Waals surface area contributed by atoms with E-state index in [4.69, 9.17) is 16.7 Å². The van der Waals surface area contributed by atoms with Crippen LogP contribution in [0, 0.1) is 5.41 Å². The van der Waals surface area contributed by atoms with Gasteiger partial charge in [-0.15, -0.1) is 0 Å². The van der Waals surface area contributed by atoms with E-state index >= 15 is 0 Å². The lowest BCUT2D eigenvalue weighted by molar-refractivity contribution is -0.154. The number of carboxylic acids is 1. The van der Waals surface area contributed by atoms with E-state index in [9.17, 15) is 9.59 Å². The molecule has 14 heavy (non-hydrogen) atoms. The Morgan fingerprint density at radius 3 is 2.36 bits per heavy atom. The molecule has 0 spiro atoms. The molecule has 0 aromatic heterocycles. The van der Waals surface area contributed by atoms with Gasteiger partial charge < -0.3 is 10.4 Å². The van der Waals surface area contributed by atoms with Crippen LogP contribution < -0.4 is 5.32 Å². The third-order valence-corrected chi connectivity index (χ3v) is 2.39. The lowest BCUT2D eigenvalue weighted by Gasteiger charge is -2.22. The minimum absolute atomic E-state index is 0.103. The molecule has 1 atom stereocenters. The highest BCUT2D eigenvalue weighted by Crippen LogP contribution is 2.26. The van der Waals surface area contributed by atoms with E-state index in [0.717, 1.165) is 0 Å². The van der Waals surface area contributed by atoms with Crippen LogP contribution in [0.25, 0.3) is 0 Å². The number of carboxylic acid groups (broad SMARTS) is 1. The smallest absolute Gasteiger partial charge is 0.319 e. The molecule has 0 saturated heterocycles.